The van der Waals surface area contributed by atoms with Crippen LogP contribution in [0.2, 0.25) is 0 Å². The lowest BCUT2D eigenvalue weighted by Crippen LogP contribution is -2.35. The highest BCUT2D eigenvalue weighted by atomic mass is 35.5. The Kier molecular flexibility index (Phi) is 5.19. The van der Waals surface area contributed by atoms with Gasteiger partial charge in [-0.15, -0.1) is 12.4 Å². The van der Waals surface area contributed by atoms with Gasteiger partial charge in [-0.05, 0) is 61.1 Å². The number of aryl methyl sites for hydroxylation is 2. The SMILES string of the molecule is Cc1ccc2ncc(C(=O)NC3CCCc4cc(N)ccc43)c(=O)n2c1.Cl. The molecule has 4 rings (SSSR count). The van der Waals surface area contributed by atoms with E-state index in [1.807, 2.05) is 31.2 Å². The molecule has 1 amide bonds. The summed E-state index contributed by atoms with van der Waals surface area (Å²) < 4.78 is 1.42. The molecule has 1 aliphatic rings. The van der Waals surface area contributed by atoms with Crippen LogP contribution in [0.1, 0.15) is 45.9 Å². The minimum atomic E-state index is -0.395. The molecule has 3 aromatic rings. The average molecular weight is 385 g/mol. The maximum absolute atomic E-state index is 12.7. The molecular weight excluding hydrogens is 364 g/mol. The second-order valence-electron chi connectivity index (χ2n) is 6.79. The number of nitrogens with zero attached hydrogens (tertiary/aromatic N) is 2. The zero-order valence-corrected chi connectivity index (χ0v) is 15.8. The van der Waals surface area contributed by atoms with Crippen molar-refractivity contribution in [3.05, 3.63) is 75.3 Å². The summed E-state index contributed by atoms with van der Waals surface area (Å²) in [6.07, 6.45) is 5.81. The molecule has 0 fully saturated rings. The Hall–Kier alpha value is -2.86. The van der Waals surface area contributed by atoms with Crippen molar-refractivity contribution in [2.24, 2.45) is 0 Å². The lowest BCUT2D eigenvalue weighted by molar-refractivity contribution is 0.0930. The third-order valence-corrected chi connectivity index (χ3v) is 4.88. The Bertz CT molecular complexity index is 1080. The first-order chi connectivity index (χ1) is 12.5. The van der Waals surface area contributed by atoms with Crippen molar-refractivity contribution >= 4 is 29.6 Å². The molecule has 0 aliphatic heterocycles. The van der Waals surface area contributed by atoms with E-state index in [1.165, 1.54) is 10.6 Å². The van der Waals surface area contributed by atoms with E-state index in [2.05, 4.69) is 10.3 Å². The summed E-state index contributed by atoms with van der Waals surface area (Å²) in [4.78, 5) is 29.7. The molecule has 0 radical (unpaired) electrons. The topological polar surface area (TPSA) is 89.5 Å². The number of nitrogens with two attached hydrogens (primary N) is 1. The van der Waals surface area contributed by atoms with Gasteiger partial charge in [0, 0.05) is 18.1 Å². The summed E-state index contributed by atoms with van der Waals surface area (Å²) in [5.41, 5.74) is 9.97. The van der Waals surface area contributed by atoms with Crippen LogP contribution in [-0.4, -0.2) is 15.3 Å². The van der Waals surface area contributed by atoms with E-state index in [1.54, 1.807) is 12.3 Å². The van der Waals surface area contributed by atoms with Crippen molar-refractivity contribution < 1.29 is 4.79 Å². The minimum Gasteiger partial charge on any atom is -0.399 e. The fourth-order valence-corrected chi connectivity index (χ4v) is 3.56. The number of fused-ring (bicyclic) bond motifs is 2. The number of rotatable bonds is 2. The number of amides is 1. The Balaban J connectivity index is 0.00000210. The van der Waals surface area contributed by atoms with Crippen LogP contribution < -0.4 is 16.6 Å². The third kappa shape index (κ3) is 3.53. The highest BCUT2D eigenvalue weighted by Gasteiger charge is 2.24. The van der Waals surface area contributed by atoms with Crippen LogP contribution in [0.5, 0.6) is 0 Å². The van der Waals surface area contributed by atoms with Gasteiger partial charge < -0.3 is 11.1 Å². The van der Waals surface area contributed by atoms with Gasteiger partial charge in [0.25, 0.3) is 11.5 Å². The molecule has 7 heteroatoms. The Morgan fingerprint density at radius 2 is 2.11 bits per heavy atom. The van der Waals surface area contributed by atoms with Crippen LogP contribution in [0, 0.1) is 6.92 Å². The maximum Gasteiger partial charge on any atom is 0.270 e. The average Bonchev–Trinajstić information content (AvgIpc) is 2.62. The summed E-state index contributed by atoms with van der Waals surface area (Å²) in [6.45, 7) is 1.89. The molecule has 1 aliphatic carbocycles. The molecule has 0 bridgehead atoms. The number of hydrogen-bond acceptors (Lipinski definition) is 4. The van der Waals surface area contributed by atoms with Gasteiger partial charge in [0.15, 0.2) is 0 Å². The fourth-order valence-electron chi connectivity index (χ4n) is 3.56. The van der Waals surface area contributed by atoms with E-state index < -0.39 is 5.91 Å². The number of halogens is 1. The van der Waals surface area contributed by atoms with Crippen molar-refractivity contribution in [3.63, 3.8) is 0 Å². The maximum atomic E-state index is 12.7. The van der Waals surface area contributed by atoms with E-state index in [0.29, 0.717) is 5.65 Å². The zero-order chi connectivity index (χ0) is 18.3. The van der Waals surface area contributed by atoms with E-state index in [9.17, 15) is 9.59 Å². The first-order valence-corrected chi connectivity index (χ1v) is 8.70. The molecule has 6 nitrogen and oxygen atoms in total. The van der Waals surface area contributed by atoms with Gasteiger partial charge in [-0.1, -0.05) is 12.1 Å². The van der Waals surface area contributed by atoms with Gasteiger partial charge >= 0.3 is 0 Å². The van der Waals surface area contributed by atoms with Crippen molar-refractivity contribution in [2.75, 3.05) is 5.73 Å². The number of aromatic nitrogens is 2. The largest absolute Gasteiger partial charge is 0.399 e. The van der Waals surface area contributed by atoms with Crippen LogP contribution in [-0.2, 0) is 6.42 Å². The first-order valence-electron chi connectivity index (χ1n) is 8.70. The van der Waals surface area contributed by atoms with Gasteiger partial charge in [0.2, 0.25) is 0 Å². The predicted octanol–water partition coefficient (Wildman–Crippen LogP) is 2.81. The van der Waals surface area contributed by atoms with Crippen LogP contribution in [0.4, 0.5) is 5.69 Å². The molecule has 0 saturated heterocycles. The molecule has 2 aromatic heterocycles. The van der Waals surface area contributed by atoms with Gasteiger partial charge in [-0.2, -0.15) is 0 Å². The van der Waals surface area contributed by atoms with Crippen molar-refractivity contribution in [1.82, 2.24) is 14.7 Å². The van der Waals surface area contributed by atoms with Gasteiger partial charge in [-0.25, -0.2) is 4.98 Å². The zero-order valence-electron chi connectivity index (χ0n) is 14.9. The standard InChI is InChI=1S/C20H20N4O2.ClH/c1-12-5-8-18-22-10-16(20(26)24(18)11-12)19(25)23-17-4-2-3-13-9-14(21)6-7-15(13)17;/h5-11,17H,2-4,21H2,1H3,(H,23,25);1H. The second-order valence-corrected chi connectivity index (χ2v) is 6.79. The highest BCUT2D eigenvalue weighted by molar-refractivity contribution is 5.94. The quantitative estimate of drug-likeness (QED) is 0.665. The summed E-state index contributed by atoms with van der Waals surface area (Å²) in [6, 6.07) is 9.29. The number of nitrogen functional groups attached to an aromatic ring is 1. The smallest absolute Gasteiger partial charge is 0.270 e. The highest BCUT2D eigenvalue weighted by Crippen LogP contribution is 2.31. The van der Waals surface area contributed by atoms with Crippen molar-refractivity contribution in [3.8, 4) is 0 Å². The fraction of sp³-hybridized carbons (Fsp3) is 0.250. The van der Waals surface area contributed by atoms with Crippen LogP contribution in [0.25, 0.3) is 5.65 Å². The molecule has 0 spiro atoms. The van der Waals surface area contributed by atoms with Gasteiger partial charge in [0.1, 0.15) is 11.2 Å². The molecule has 2 heterocycles. The Morgan fingerprint density at radius 1 is 1.30 bits per heavy atom. The Morgan fingerprint density at radius 3 is 2.93 bits per heavy atom. The molecule has 27 heavy (non-hydrogen) atoms. The summed E-state index contributed by atoms with van der Waals surface area (Å²) in [5, 5.41) is 3.00. The molecule has 0 saturated carbocycles. The third-order valence-electron chi connectivity index (χ3n) is 4.88. The van der Waals surface area contributed by atoms with E-state index >= 15 is 0 Å². The van der Waals surface area contributed by atoms with Crippen LogP contribution in [0.3, 0.4) is 0 Å². The van der Waals surface area contributed by atoms with Crippen LogP contribution in [0.15, 0.2) is 47.5 Å². The molecule has 3 N–H and O–H groups in total. The van der Waals surface area contributed by atoms with Gasteiger partial charge in [-0.3, -0.25) is 14.0 Å². The monoisotopic (exact) mass is 384 g/mol. The molecule has 1 unspecified atom stereocenters. The lowest BCUT2D eigenvalue weighted by Gasteiger charge is -2.26. The van der Waals surface area contributed by atoms with Crippen molar-refractivity contribution in [1.29, 1.82) is 0 Å². The number of hydrogen-bond donors (Lipinski definition) is 2. The number of nitrogens with one attached hydrogen (secondary N) is 1. The number of benzene rings is 1. The molecule has 1 atom stereocenters. The number of carbonyl (C=O) groups is 1. The number of carbonyl (C=O) groups excluding carboxylic acids is 1. The van der Waals surface area contributed by atoms with E-state index in [0.717, 1.165) is 41.6 Å². The lowest BCUT2D eigenvalue weighted by atomic mass is 9.87. The minimum absolute atomic E-state index is 0. The molecule has 1 aromatic carbocycles. The first kappa shape index (κ1) is 18.9. The second kappa shape index (κ2) is 7.40. The number of anilines is 1. The molecular formula is C20H21ClN4O2. The van der Waals surface area contributed by atoms with Crippen LogP contribution >= 0.6 is 12.4 Å². The predicted molar refractivity (Wildman–Crippen MR) is 107 cm³/mol. The Labute approximate surface area is 162 Å². The summed E-state index contributed by atoms with van der Waals surface area (Å²) in [7, 11) is 0. The number of pyridine rings is 1. The summed E-state index contributed by atoms with van der Waals surface area (Å²) in [5.74, 6) is -0.395. The molecule has 140 valence electrons. The van der Waals surface area contributed by atoms with Gasteiger partial charge in [0.05, 0.1) is 6.04 Å². The van der Waals surface area contributed by atoms with E-state index in [-0.39, 0.29) is 29.6 Å². The normalized spacial score (nSPS) is 15.7. The summed E-state index contributed by atoms with van der Waals surface area (Å²) >= 11 is 0. The van der Waals surface area contributed by atoms with E-state index in [4.69, 9.17) is 5.73 Å². The van der Waals surface area contributed by atoms with Crippen molar-refractivity contribution in [2.45, 2.75) is 32.2 Å².